The third-order valence-corrected chi connectivity index (χ3v) is 4.99. The molecule has 110 valence electrons. The van der Waals surface area contributed by atoms with Crippen LogP contribution in [0.3, 0.4) is 0 Å². The minimum Gasteiger partial charge on any atom is -0.339 e. The molecule has 1 aliphatic heterocycles. The van der Waals surface area contributed by atoms with Crippen LogP contribution in [0.4, 0.5) is 0 Å². The summed E-state index contributed by atoms with van der Waals surface area (Å²) in [5.74, 6) is 1.03. The first-order valence-corrected chi connectivity index (χ1v) is 7.82. The van der Waals surface area contributed by atoms with E-state index in [9.17, 15) is 4.79 Å². The van der Waals surface area contributed by atoms with Crippen LogP contribution < -0.4 is 5.32 Å². The summed E-state index contributed by atoms with van der Waals surface area (Å²) in [6, 6.07) is 0.597. The largest absolute Gasteiger partial charge is 0.339 e. The molecule has 2 rings (SSSR count). The Morgan fingerprint density at radius 1 is 1.26 bits per heavy atom. The molecule has 4 nitrogen and oxygen atoms in total. The van der Waals surface area contributed by atoms with E-state index in [0.717, 1.165) is 32.1 Å². The lowest BCUT2D eigenvalue weighted by atomic mass is 9.84. The van der Waals surface area contributed by atoms with E-state index in [1.54, 1.807) is 0 Å². The lowest BCUT2D eigenvalue weighted by Crippen LogP contribution is -2.55. The molecule has 1 N–H and O–H groups in total. The number of hydrogen-bond donors (Lipinski definition) is 1. The van der Waals surface area contributed by atoms with Gasteiger partial charge in [0, 0.05) is 32.2 Å². The quantitative estimate of drug-likeness (QED) is 0.837. The number of nitrogens with one attached hydrogen (secondary N) is 1. The lowest BCUT2D eigenvalue weighted by molar-refractivity contribution is -0.138. The van der Waals surface area contributed by atoms with Crippen LogP contribution in [0.1, 0.15) is 39.5 Å². The molecule has 1 heterocycles. The number of hydrogen-bond acceptors (Lipinski definition) is 3. The molecular weight excluding hydrogens is 238 g/mol. The van der Waals surface area contributed by atoms with Gasteiger partial charge in [-0.05, 0) is 32.7 Å². The van der Waals surface area contributed by atoms with Crippen LogP contribution in [0, 0.1) is 5.92 Å². The molecule has 2 fully saturated rings. The fourth-order valence-corrected chi connectivity index (χ4v) is 3.51. The standard InChI is InChI=1S/C15H29N3O/c1-12-6-4-5-7-14(12)17(3)13(2)15(19)18-10-8-16-9-11-18/h12-14,16H,4-11H2,1-3H3. The Labute approximate surface area is 117 Å². The van der Waals surface area contributed by atoms with E-state index in [2.05, 4.69) is 31.1 Å². The maximum Gasteiger partial charge on any atom is 0.239 e. The number of amides is 1. The Morgan fingerprint density at radius 2 is 1.89 bits per heavy atom. The van der Waals surface area contributed by atoms with Gasteiger partial charge >= 0.3 is 0 Å². The molecule has 0 spiro atoms. The second kappa shape index (κ2) is 6.71. The average Bonchev–Trinajstić information content (AvgIpc) is 2.46. The summed E-state index contributed by atoms with van der Waals surface area (Å²) in [6.07, 6.45) is 5.22. The van der Waals surface area contributed by atoms with Gasteiger partial charge in [0.2, 0.25) is 5.91 Å². The highest BCUT2D eigenvalue weighted by Crippen LogP contribution is 2.28. The van der Waals surface area contributed by atoms with Crippen LogP contribution >= 0.6 is 0 Å². The Bertz CT molecular complexity index is 302. The van der Waals surface area contributed by atoms with Crippen molar-refractivity contribution in [3.05, 3.63) is 0 Å². The monoisotopic (exact) mass is 267 g/mol. The van der Waals surface area contributed by atoms with E-state index >= 15 is 0 Å². The normalized spacial score (nSPS) is 30.4. The zero-order valence-corrected chi connectivity index (χ0v) is 12.7. The predicted octanol–water partition coefficient (Wildman–Crippen LogP) is 1.32. The fraction of sp³-hybridized carbons (Fsp3) is 0.933. The Balaban J connectivity index is 1.93. The van der Waals surface area contributed by atoms with Crippen molar-refractivity contribution < 1.29 is 4.79 Å². The fourth-order valence-electron chi connectivity index (χ4n) is 3.51. The molecule has 1 saturated carbocycles. The van der Waals surface area contributed by atoms with Gasteiger partial charge < -0.3 is 10.2 Å². The Hall–Kier alpha value is -0.610. The molecule has 0 aromatic heterocycles. The second-order valence-electron chi connectivity index (χ2n) is 6.25. The number of carbonyl (C=O) groups is 1. The van der Waals surface area contributed by atoms with Gasteiger partial charge in [-0.15, -0.1) is 0 Å². The van der Waals surface area contributed by atoms with E-state index in [1.807, 2.05) is 4.90 Å². The highest BCUT2D eigenvalue weighted by molar-refractivity contribution is 5.81. The van der Waals surface area contributed by atoms with Crippen LogP contribution in [-0.2, 0) is 4.79 Å². The molecule has 0 radical (unpaired) electrons. The van der Waals surface area contributed by atoms with Crippen molar-refractivity contribution >= 4 is 5.91 Å². The summed E-state index contributed by atoms with van der Waals surface area (Å²) in [7, 11) is 2.14. The van der Waals surface area contributed by atoms with E-state index in [1.165, 1.54) is 25.7 Å². The summed E-state index contributed by atoms with van der Waals surface area (Å²) in [5.41, 5.74) is 0. The van der Waals surface area contributed by atoms with Gasteiger partial charge in [-0.1, -0.05) is 19.8 Å². The second-order valence-corrected chi connectivity index (χ2v) is 6.25. The summed E-state index contributed by atoms with van der Waals surface area (Å²) in [4.78, 5) is 16.9. The minimum atomic E-state index is 0.0173. The lowest BCUT2D eigenvalue weighted by Gasteiger charge is -2.41. The van der Waals surface area contributed by atoms with Gasteiger partial charge in [0.1, 0.15) is 0 Å². The summed E-state index contributed by atoms with van der Waals surface area (Å²) in [5, 5.41) is 3.30. The molecule has 4 heteroatoms. The molecule has 1 amide bonds. The van der Waals surface area contributed by atoms with Gasteiger partial charge in [-0.3, -0.25) is 9.69 Å². The van der Waals surface area contributed by atoms with Crippen molar-refractivity contribution in [3.63, 3.8) is 0 Å². The highest BCUT2D eigenvalue weighted by atomic mass is 16.2. The summed E-state index contributed by atoms with van der Waals surface area (Å²) in [6.45, 7) is 7.99. The molecule has 19 heavy (non-hydrogen) atoms. The van der Waals surface area contributed by atoms with E-state index in [-0.39, 0.29) is 6.04 Å². The van der Waals surface area contributed by atoms with E-state index in [0.29, 0.717) is 11.9 Å². The topological polar surface area (TPSA) is 35.6 Å². The SMILES string of the molecule is CC1CCCCC1N(C)C(C)C(=O)N1CCNCC1. The average molecular weight is 267 g/mol. The van der Waals surface area contributed by atoms with Crippen molar-refractivity contribution in [2.24, 2.45) is 5.92 Å². The Kier molecular flexibility index (Phi) is 5.22. The number of rotatable bonds is 3. The number of piperazine rings is 1. The number of nitrogens with zero attached hydrogens (tertiary/aromatic N) is 2. The van der Waals surface area contributed by atoms with Gasteiger partial charge in [0.25, 0.3) is 0 Å². The van der Waals surface area contributed by atoms with Gasteiger partial charge in [0.05, 0.1) is 6.04 Å². The number of likely N-dealkylation sites (N-methyl/N-ethyl adjacent to an activating group) is 1. The predicted molar refractivity (Wildman–Crippen MR) is 78.1 cm³/mol. The van der Waals surface area contributed by atoms with E-state index < -0.39 is 0 Å². The van der Waals surface area contributed by atoms with Crippen molar-refractivity contribution in [2.75, 3.05) is 33.2 Å². The van der Waals surface area contributed by atoms with Gasteiger partial charge in [-0.2, -0.15) is 0 Å². The van der Waals surface area contributed by atoms with Crippen LogP contribution in [0.15, 0.2) is 0 Å². The van der Waals surface area contributed by atoms with Crippen LogP contribution in [0.5, 0.6) is 0 Å². The summed E-state index contributed by atoms with van der Waals surface area (Å²) >= 11 is 0. The van der Waals surface area contributed by atoms with Crippen LogP contribution in [0.25, 0.3) is 0 Å². The smallest absolute Gasteiger partial charge is 0.239 e. The van der Waals surface area contributed by atoms with Gasteiger partial charge in [-0.25, -0.2) is 0 Å². The molecule has 1 saturated heterocycles. The first kappa shape index (κ1) is 14.8. The molecule has 0 bridgehead atoms. The van der Waals surface area contributed by atoms with Crippen LogP contribution in [0.2, 0.25) is 0 Å². The molecule has 3 atom stereocenters. The molecule has 0 aromatic rings. The maximum absolute atomic E-state index is 12.5. The highest BCUT2D eigenvalue weighted by Gasteiger charge is 2.32. The molecule has 2 aliphatic rings. The first-order valence-electron chi connectivity index (χ1n) is 7.82. The third kappa shape index (κ3) is 3.48. The zero-order valence-electron chi connectivity index (χ0n) is 12.7. The minimum absolute atomic E-state index is 0.0173. The molecule has 3 unspecified atom stereocenters. The first-order chi connectivity index (χ1) is 9.11. The third-order valence-electron chi connectivity index (χ3n) is 4.99. The maximum atomic E-state index is 12.5. The molecule has 1 aliphatic carbocycles. The van der Waals surface area contributed by atoms with Crippen molar-refractivity contribution in [1.82, 2.24) is 15.1 Å². The van der Waals surface area contributed by atoms with Crippen LogP contribution in [-0.4, -0.2) is 61.0 Å². The van der Waals surface area contributed by atoms with Gasteiger partial charge in [0.15, 0.2) is 0 Å². The number of carbonyl (C=O) groups excluding carboxylic acids is 1. The van der Waals surface area contributed by atoms with Crippen molar-refractivity contribution in [2.45, 2.75) is 51.6 Å². The zero-order chi connectivity index (χ0) is 13.8. The molecular formula is C15H29N3O. The van der Waals surface area contributed by atoms with E-state index in [4.69, 9.17) is 0 Å². The van der Waals surface area contributed by atoms with Crippen molar-refractivity contribution in [1.29, 1.82) is 0 Å². The summed E-state index contributed by atoms with van der Waals surface area (Å²) < 4.78 is 0. The Morgan fingerprint density at radius 3 is 2.53 bits per heavy atom. The molecule has 0 aromatic carbocycles. The van der Waals surface area contributed by atoms with Crippen molar-refractivity contribution in [3.8, 4) is 0 Å².